The van der Waals surface area contributed by atoms with Crippen LogP contribution in [0.4, 0.5) is 0 Å². The number of fused-ring (bicyclic) bond motifs is 1. The summed E-state index contributed by atoms with van der Waals surface area (Å²) in [6.45, 7) is 0.737. The van der Waals surface area contributed by atoms with Gasteiger partial charge in [-0.2, -0.15) is 0 Å². The van der Waals surface area contributed by atoms with Crippen LogP contribution in [-0.4, -0.2) is 12.5 Å². The molecular weight excluding hydrogens is 222 g/mol. The third-order valence-electron chi connectivity index (χ3n) is 1.89. The summed E-state index contributed by atoms with van der Waals surface area (Å²) in [6.07, 6.45) is 1.88. The Morgan fingerprint density at radius 1 is 1.58 bits per heavy atom. The van der Waals surface area contributed by atoms with E-state index in [9.17, 15) is 4.79 Å². The van der Waals surface area contributed by atoms with Crippen LogP contribution in [0.1, 0.15) is 22.5 Å². The topological polar surface area (TPSA) is 42.2 Å². The molecule has 0 spiro atoms. The van der Waals surface area contributed by atoms with Crippen molar-refractivity contribution < 1.29 is 9.21 Å². The van der Waals surface area contributed by atoms with Crippen LogP contribution in [0.5, 0.6) is 0 Å². The second-order valence-electron chi connectivity index (χ2n) is 2.76. The lowest BCUT2D eigenvalue weighted by Gasteiger charge is -1.95. The van der Waals surface area contributed by atoms with Gasteiger partial charge in [0.1, 0.15) is 0 Å². The summed E-state index contributed by atoms with van der Waals surface area (Å²) in [7, 11) is 0. The molecule has 1 N–H and O–H groups in total. The van der Waals surface area contributed by atoms with Gasteiger partial charge in [0.15, 0.2) is 10.4 Å². The van der Waals surface area contributed by atoms with Crippen molar-refractivity contribution in [2.75, 3.05) is 6.54 Å². The summed E-state index contributed by atoms with van der Waals surface area (Å²) >= 11 is 3.20. The molecule has 0 unspecified atom stereocenters. The lowest BCUT2D eigenvalue weighted by atomic mass is 10.1. The number of carbonyl (C=O) groups is 1. The predicted molar refractivity (Wildman–Crippen MR) is 47.1 cm³/mol. The van der Waals surface area contributed by atoms with Gasteiger partial charge in [0.2, 0.25) is 0 Å². The first kappa shape index (κ1) is 7.86. The summed E-state index contributed by atoms with van der Waals surface area (Å²) < 4.78 is 5.83. The van der Waals surface area contributed by atoms with Gasteiger partial charge < -0.3 is 9.73 Å². The highest BCUT2D eigenvalue weighted by Crippen LogP contribution is 2.22. The minimum atomic E-state index is -0.104. The maximum absolute atomic E-state index is 11.3. The summed E-state index contributed by atoms with van der Waals surface area (Å²) in [5, 5.41) is 2.76. The number of nitrogens with one attached hydrogen (secondary N) is 1. The molecule has 0 bridgehead atoms. The number of rotatable bonds is 0. The summed E-state index contributed by atoms with van der Waals surface area (Å²) in [6, 6.07) is 1.86. The monoisotopic (exact) mass is 229 g/mol. The van der Waals surface area contributed by atoms with Crippen LogP contribution >= 0.6 is 15.9 Å². The van der Waals surface area contributed by atoms with E-state index in [-0.39, 0.29) is 5.91 Å². The van der Waals surface area contributed by atoms with Crippen LogP contribution in [-0.2, 0) is 6.42 Å². The molecule has 0 fully saturated rings. The molecule has 1 aromatic rings. The largest absolute Gasteiger partial charge is 0.444 e. The van der Waals surface area contributed by atoms with Crippen LogP contribution < -0.4 is 5.32 Å². The maximum Gasteiger partial charge on any atom is 0.287 e. The lowest BCUT2D eigenvalue weighted by Crippen LogP contribution is -2.22. The van der Waals surface area contributed by atoms with E-state index in [0.717, 1.165) is 24.9 Å². The van der Waals surface area contributed by atoms with Gasteiger partial charge in [-0.25, -0.2) is 0 Å². The molecule has 0 saturated heterocycles. The molecule has 0 atom stereocenters. The molecule has 4 heteroatoms. The zero-order valence-corrected chi connectivity index (χ0v) is 7.98. The zero-order valence-electron chi connectivity index (χ0n) is 6.39. The molecule has 0 saturated carbocycles. The molecular formula is C8H8BrNO2. The van der Waals surface area contributed by atoms with Crippen LogP contribution in [0.2, 0.25) is 0 Å². The highest BCUT2D eigenvalue weighted by molar-refractivity contribution is 9.10. The second-order valence-corrected chi connectivity index (χ2v) is 3.55. The van der Waals surface area contributed by atoms with E-state index in [1.165, 1.54) is 0 Å². The van der Waals surface area contributed by atoms with E-state index in [1.54, 1.807) is 0 Å². The molecule has 2 heterocycles. The van der Waals surface area contributed by atoms with E-state index in [2.05, 4.69) is 21.2 Å². The number of carbonyl (C=O) groups excluding carboxylic acids is 1. The fourth-order valence-electron chi connectivity index (χ4n) is 1.33. The Kier molecular flexibility index (Phi) is 1.92. The molecule has 64 valence electrons. The van der Waals surface area contributed by atoms with Crippen molar-refractivity contribution in [1.29, 1.82) is 0 Å². The standard InChI is InChI=1S/C8H8BrNO2/c9-6-4-5-2-1-3-10-8(11)7(5)12-6/h4H,1-3H2,(H,10,11). The van der Waals surface area contributed by atoms with Crippen molar-refractivity contribution in [3.05, 3.63) is 22.1 Å². The smallest absolute Gasteiger partial charge is 0.287 e. The van der Waals surface area contributed by atoms with Crippen molar-refractivity contribution in [3.63, 3.8) is 0 Å². The van der Waals surface area contributed by atoms with E-state index < -0.39 is 0 Å². The Morgan fingerprint density at radius 2 is 2.42 bits per heavy atom. The summed E-state index contributed by atoms with van der Waals surface area (Å²) in [4.78, 5) is 11.3. The predicted octanol–water partition coefficient (Wildman–Crippen LogP) is 1.72. The SMILES string of the molecule is O=C1NCCCc2cc(Br)oc21. The van der Waals surface area contributed by atoms with Crippen LogP contribution in [0.25, 0.3) is 0 Å². The Balaban J connectivity index is 2.44. The number of amides is 1. The molecule has 12 heavy (non-hydrogen) atoms. The highest BCUT2D eigenvalue weighted by atomic mass is 79.9. The van der Waals surface area contributed by atoms with E-state index in [4.69, 9.17) is 4.42 Å². The minimum Gasteiger partial charge on any atom is -0.444 e. The van der Waals surface area contributed by atoms with Gasteiger partial charge in [-0.1, -0.05) is 0 Å². The van der Waals surface area contributed by atoms with Crippen molar-refractivity contribution in [1.82, 2.24) is 5.32 Å². The first-order chi connectivity index (χ1) is 5.77. The third-order valence-corrected chi connectivity index (χ3v) is 2.28. The number of aryl methyl sites for hydroxylation is 1. The molecule has 1 aromatic heterocycles. The Hall–Kier alpha value is -0.770. The number of hydrogen-bond acceptors (Lipinski definition) is 2. The molecule has 2 rings (SSSR count). The number of halogens is 1. The Morgan fingerprint density at radius 3 is 3.25 bits per heavy atom. The average Bonchev–Trinajstić information content (AvgIpc) is 2.33. The van der Waals surface area contributed by atoms with Gasteiger partial charge in [0.05, 0.1) is 0 Å². The van der Waals surface area contributed by atoms with Gasteiger partial charge in [0, 0.05) is 12.1 Å². The summed E-state index contributed by atoms with van der Waals surface area (Å²) in [5.41, 5.74) is 0.997. The number of furan rings is 1. The Labute approximate surface area is 78.3 Å². The molecule has 3 nitrogen and oxygen atoms in total. The van der Waals surface area contributed by atoms with E-state index in [0.29, 0.717) is 10.4 Å². The van der Waals surface area contributed by atoms with Gasteiger partial charge in [-0.15, -0.1) is 0 Å². The zero-order chi connectivity index (χ0) is 8.55. The van der Waals surface area contributed by atoms with Gasteiger partial charge in [-0.05, 0) is 34.8 Å². The maximum atomic E-state index is 11.3. The van der Waals surface area contributed by atoms with Crippen LogP contribution in [0, 0.1) is 0 Å². The second kappa shape index (κ2) is 2.94. The molecule has 1 aliphatic rings. The highest BCUT2D eigenvalue weighted by Gasteiger charge is 2.19. The average molecular weight is 230 g/mol. The first-order valence-electron chi connectivity index (χ1n) is 3.84. The minimum absolute atomic E-state index is 0.104. The van der Waals surface area contributed by atoms with Crippen molar-refractivity contribution in [2.45, 2.75) is 12.8 Å². The van der Waals surface area contributed by atoms with Gasteiger partial charge in [0.25, 0.3) is 5.91 Å². The third kappa shape index (κ3) is 1.27. The van der Waals surface area contributed by atoms with Crippen molar-refractivity contribution in [3.8, 4) is 0 Å². The van der Waals surface area contributed by atoms with Crippen molar-refractivity contribution in [2.24, 2.45) is 0 Å². The molecule has 0 aliphatic carbocycles. The quantitative estimate of drug-likeness (QED) is 0.737. The molecule has 0 aromatic carbocycles. The molecule has 1 aliphatic heterocycles. The van der Waals surface area contributed by atoms with Gasteiger partial charge in [-0.3, -0.25) is 4.79 Å². The van der Waals surface area contributed by atoms with Crippen molar-refractivity contribution >= 4 is 21.8 Å². The van der Waals surface area contributed by atoms with Crippen LogP contribution in [0.15, 0.2) is 15.2 Å². The first-order valence-corrected chi connectivity index (χ1v) is 4.63. The van der Waals surface area contributed by atoms with Crippen LogP contribution in [0.3, 0.4) is 0 Å². The van der Waals surface area contributed by atoms with E-state index in [1.807, 2.05) is 6.07 Å². The lowest BCUT2D eigenvalue weighted by molar-refractivity contribution is 0.0927. The van der Waals surface area contributed by atoms with Gasteiger partial charge >= 0.3 is 0 Å². The fraction of sp³-hybridized carbons (Fsp3) is 0.375. The fourth-order valence-corrected chi connectivity index (χ4v) is 1.77. The normalized spacial score (nSPS) is 16.6. The Bertz CT molecular complexity index is 319. The molecule has 0 radical (unpaired) electrons. The molecule has 1 amide bonds. The summed E-state index contributed by atoms with van der Waals surface area (Å²) in [5.74, 6) is 0.354. The van der Waals surface area contributed by atoms with E-state index >= 15 is 0 Å². The number of hydrogen-bond donors (Lipinski definition) is 1.